The molecule has 30 heavy (non-hydrogen) atoms. The van der Waals surface area contributed by atoms with Crippen LogP contribution in [0.5, 0.6) is 5.75 Å². The van der Waals surface area contributed by atoms with Crippen LogP contribution in [0.25, 0.3) is 22.0 Å². The van der Waals surface area contributed by atoms with Crippen LogP contribution < -0.4 is 4.90 Å². The van der Waals surface area contributed by atoms with Gasteiger partial charge in [0.15, 0.2) is 5.82 Å². The van der Waals surface area contributed by atoms with Crippen molar-refractivity contribution in [1.29, 1.82) is 0 Å². The summed E-state index contributed by atoms with van der Waals surface area (Å²) in [5.41, 5.74) is -0.559. The first kappa shape index (κ1) is 20.0. The molecule has 1 fully saturated rings. The molecule has 0 saturated carbocycles. The number of halogens is 3. The van der Waals surface area contributed by atoms with E-state index < -0.39 is 17.4 Å². The van der Waals surface area contributed by atoms with Gasteiger partial charge in [0.1, 0.15) is 35.5 Å². The fraction of sp³-hybridized carbons (Fsp3) is 0.190. The lowest BCUT2D eigenvalue weighted by Crippen LogP contribution is -2.44. The van der Waals surface area contributed by atoms with Gasteiger partial charge in [0.2, 0.25) is 0 Å². The number of carbonyl (C=O) groups is 1. The first-order valence-corrected chi connectivity index (χ1v) is 9.60. The minimum Gasteiger partial charge on any atom is -0.507 e. The number of fused-ring (bicyclic) bond motifs is 1. The van der Waals surface area contributed by atoms with Crippen molar-refractivity contribution in [3.8, 4) is 16.9 Å². The lowest BCUT2D eigenvalue weighted by Gasteiger charge is -2.35. The van der Waals surface area contributed by atoms with Gasteiger partial charge in [-0.05, 0) is 24.3 Å². The van der Waals surface area contributed by atoms with Crippen molar-refractivity contribution >= 4 is 34.6 Å². The van der Waals surface area contributed by atoms with Crippen molar-refractivity contribution in [2.24, 2.45) is 0 Å². The molecule has 0 spiro atoms. The third-order valence-corrected chi connectivity index (χ3v) is 5.33. The maximum Gasteiger partial charge on any atom is 0.159 e. The highest BCUT2D eigenvalue weighted by atomic mass is 35.5. The Hall–Kier alpha value is -3.26. The highest BCUT2D eigenvalue weighted by Gasteiger charge is 2.25. The number of allylic oxidation sites excluding steroid dienone is 1. The molecule has 0 radical (unpaired) electrons. The highest BCUT2D eigenvalue weighted by molar-refractivity contribution is 6.34. The summed E-state index contributed by atoms with van der Waals surface area (Å²) in [4.78, 5) is 22.8. The largest absolute Gasteiger partial charge is 0.507 e. The zero-order valence-electron chi connectivity index (χ0n) is 15.7. The number of aromatic nitrogens is 2. The number of nitrogens with zero attached hydrogens (tertiary/aromatic N) is 4. The summed E-state index contributed by atoms with van der Waals surface area (Å²) in [6, 6.07) is 5.21. The predicted octanol–water partition coefficient (Wildman–Crippen LogP) is 3.77. The van der Waals surface area contributed by atoms with Crippen LogP contribution in [0.15, 0.2) is 42.9 Å². The average Bonchev–Trinajstić information content (AvgIpc) is 2.74. The van der Waals surface area contributed by atoms with Crippen LogP contribution in [0.3, 0.4) is 0 Å². The number of carbonyl (C=O) groups excluding carboxylic acids is 1. The Morgan fingerprint density at radius 3 is 2.57 bits per heavy atom. The fourth-order valence-corrected chi connectivity index (χ4v) is 3.88. The third kappa shape index (κ3) is 3.54. The second kappa shape index (κ2) is 8.23. The average molecular weight is 431 g/mol. The highest BCUT2D eigenvalue weighted by Crippen LogP contribution is 2.42. The van der Waals surface area contributed by atoms with Crippen LogP contribution in [-0.2, 0) is 4.79 Å². The summed E-state index contributed by atoms with van der Waals surface area (Å²) >= 11 is 6.34. The zero-order valence-corrected chi connectivity index (χ0v) is 16.5. The van der Waals surface area contributed by atoms with E-state index in [1.165, 1.54) is 30.6 Å². The van der Waals surface area contributed by atoms with E-state index in [0.717, 1.165) is 12.4 Å². The molecular formula is C21H17ClF2N4O2. The van der Waals surface area contributed by atoms with Gasteiger partial charge < -0.3 is 14.9 Å². The van der Waals surface area contributed by atoms with E-state index in [4.69, 9.17) is 11.6 Å². The van der Waals surface area contributed by atoms with E-state index in [2.05, 4.69) is 9.97 Å². The molecule has 0 aliphatic carbocycles. The second-order valence-corrected chi connectivity index (χ2v) is 7.18. The molecule has 0 amide bonds. The van der Waals surface area contributed by atoms with Gasteiger partial charge >= 0.3 is 0 Å². The number of aromatic hydroxyl groups is 1. The zero-order chi connectivity index (χ0) is 21.3. The number of hydrogen-bond donors (Lipinski definition) is 1. The first-order valence-electron chi connectivity index (χ1n) is 9.22. The fourth-order valence-electron chi connectivity index (χ4n) is 3.60. The predicted molar refractivity (Wildman–Crippen MR) is 111 cm³/mol. The van der Waals surface area contributed by atoms with E-state index in [1.807, 2.05) is 9.80 Å². The van der Waals surface area contributed by atoms with E-state index in [9.17, 15) is 14.3 Å². The number of phenols is 1. The number of benzene rings is 2. The first-order chi connectivity index (χ1) is 14.5. The molecule has 1 aliphatic heterocycles. The van der Waals surface area contributed by atoms with Gasteiger partial charge in [-0.25, -0.2) is 18.7 Å². The van der Waals surface area contributed by atoms with Crippen molar-refractivity contribution in [3.05, 3.63) is 59.5 Å². The van der Waals surface area contributed by atoms with Crippen LogP contribution in [-0.4, -0.2) is 52.4 Å². The Balaban J connectivity index is 1.77. The molecule has 3 aromatic rings. The number of aldehydes is 1. The smallest absolute Gasteiger partial charge is 0.159 e. The van der Waals surface area contributed by atoms with Gasteiger partial charge in [0.25, 0.3) is 0 Å². The topological polar surface area (TPSA) is 69.6 Å². The van der Waals surface area contributed by atoms with Crippen LogP contribution >= 0.6 is 11.6 Å². The van der Waals surface area contributed by atoms with Crippen molar-refractivity contribution in [3.63, 3.8) is 0 Å². The molecule has 4 rings (SSSR count). The van der Waals surface area contributed by atoms with Crippen molar-refractivity contribution < 1.29 is 18.7 Å². The molecule has 0 unspecified atom stereocenters. The summed E-state index contributed by atoms with van der Waals surface area (Å²) in [5, 5.41) is 10.4. The van der Waals surface area contributed by atoms with Crippen LogP contribution in [0.2, 0.25) is 5.02 Å². The number of rotatable bonds is 4. The van der Waals surface area contributed by atoms with E-state index in [1.54, 1.807) is 6.20 Å². The Kier molecular flexibility index (Phi) is 5.50. The van der Waals surface area contributed by atoms with Crippen molar-refractivity contribution in [2.45, 2.75) is 0 Å². The molecule has 9 heteroatoms. The molecule has 1 aromatic heterocycles. The number of hydrogen-bond acceptors (Lipinski definition) is 6. The van der Waals surface area contributed by atoms with E-state index in [0.29, 0.717) is 37.4 Å². The Morgan fingerprint density at radius 1 is 1.10 bits per heavy atom. The summed E-state index contributed by atoms with van der Waals surface area (Å²) in [5.74, 6) is -1.51. The van der Waals surface area contributed by atoms with Crippen LogP contribution in [0.1, 0.15) is 0 Å². The lowest BCUT2D eigenvalue weighted by molar-refractivity contribution is -0.104. The minimum atomic E-state index is -0.825. The minimum absolute atomic E-state index is 0.00895. The summed E-state index contributed by atoms with van der Waals surface area (Å²) in [6.45, 7) is 2.52. The number of phenolic OH excluding ortho intramolecular Hbond substituents is 1. The third-order valence-electron chi connectivity index (χ3n) is 5.03. The Bertz CT molecular complexity index is 1130. The molecule has 6 nitrogen and oxygen atoms in total. The molecule has 0 atom stereocenters. The molecule has 2 aromatic carbocycles. The summed E-state index contributed by atoms with van der Waals surface area (Å²) in [7, 11) is 0. The Labute approximate surface area is 176 Å². The monoisotopic (exact) mass is 430 g/mol. The quantitative estimate of drug-likeness (QED) is 0.502. The maximum absolute atomic E-state index is 15.4. The van der Waals surface area contributed by atoms with E-state index in [-0.39, 0.29) is 21.7 Å². The lowest BCUT2D eigenvalue weighted by atomic mass is 10.0. The number of piperazine rings is 1. The molecule has 2 heterocycles. The number of anilines is 1. The van der Waals surface area contributed by atoms with Gasteiger partial charge in [-0.15, -0.1) is 0 Å². The normalized spacial score (nSPS) is 14.6. The Morgan fingerprint density at radius 2 is 1.87 bits per heavy atom. The standard InChI is InChI=1S/C21H17ClF2N4O2/c22-14-11-13-20(19(24)17(14)18-15(23)3-1-4-16(18)30)25-12-26-21(13)28-8-6-27(7-9-28)5-2-10-29/h1-5,10-12,30H,6-9H2. The second-order valence-electron chi connectivity index (χ2n) is 6.78. The van der Waals surface area contributed by atoms with Crippen LogP contribution in [0.4, 0.5) is 14.6 Å². The summed E-state index contributed by atoms with van der Waals surface area (Å²) < 4.78 is 29.7. The molecule has 1 aliphatic rings. The molecule has 154 valence electrons. The van der Waals surface area contributed by atoms with Crippen molar-refractivity contribution in [2.75, 3.05) is 31.1 Å². The van der Waals surface area contributed by atoms with Gasteiger partial charge in [-0.1, -0.05) is 17.7 Å². The molecular weight excluding hydrogens is 414 g/mol. The molecule has 1 N–H and O–H groups in total. The maximum atomic E-state index is 15.4. The van der Waals surface area contributed by atoms with Gasteiger partial charge in [-0.2, -0.15) is 0 Å². The van der Waals surface area contributed by atoms with Crippen molar-refractivity contribution in [1.82, 2.24) is 14.9 Å². The molecule has 0 bridgehead atoms. The van der Waals surface area contributed by atoms with Gasteiger partial charge in [-0.3, -0.25) is 4.79 Å². The van der Waals surface area contributed by atoms with E-state index >= 15 is 4.39 Å². The molecule has 1 saturated heterocycles. The summed E-state index contributed by atoms with van der Waals surface area (Å²) in [6.07, 6.45) is 5.13. The van der Waals surface area contributed by atoms with Gasteiger partial charge in [0, 0.05) is 43.3 Å². The van der Waals surface area contributed by atoms with Crippen LogP contribution in [0, 0.1) is 11.6 Å². The SMILES string of the molecule is O=CC=CN1CCN(c2ncnc3c(F)c(-c4c(O)cccc4F)c(Cl)cc23)CC1. The van der Waals surface area contributed by atoms with Gasteiger partial charge in [0.05, 0.1) is 10.6 Å².